The van der Waals surface area contributed by atoms with Crippen LogP contribution in [0.1, 0.15) is 12.8 Å². The largest absolute Gasteiger partial charge is 1.00 e. The summed E-state index contributed by atoms with van der Waals surface area (Å²) >= 11 is 0. The van der Waals surface area contributed by atoms with Crippen LogP contribution in [0.5, 0.6) is 0 Å². The van der Waals surface area contributed by atoms with Crippen LogP contribution in [0.15, 0.2) is 0 Å². The number of carbonyl (C=O) groups is 4. The van der Waals surface area contributed by atoms with Crippen LogP contribution in [0.2, 0.25) is 0 Å². The summed E-state index contributed by atoms with van der Waals surface area (Å²) < 4.78 is 60.7. The first kappa shape index (κ1) is 43.6. The second-order valence-electron chi connectivity index (χ2n) is 3.94. The third-order valence-corrected chi connectivity index (χ3v) is 4.11. The van der Waals surface area contributed by atoms with Crippen molar-refractivity contribution in [1.82, 2.24) is 0 Å². The number of hydrogen-bond donors (Lipinski definition) is 2. The third-order valence-electron chi connectivity index (χ3n) is 2.00. The minimum Gasteiger partial charge on any atom is -0.747 e. The van der Waals surface area contributed by atoms with Crippen LogP contribution in [-0.4, -0.2) is 60.2 Å². The van der Waals surface area contributed by atoms with Crippen LogP contribution in [0.4, 0.5) is 0 Å². The van der Waals surface area contributed by atoms with Crippen molar-refractivity contribution in [1.29, 1.82) is 0 Å². The van der Waals surface area contributed by atoms with E-state index in [2.05, 4.69) is 11.5 Å². The second kappa shape index (κ2) is 19.4. The number of carboxylic acid groups (broad SMARTS) is 2. The number of carbonyl (C=O) groups excluding carboxylic acids is 4. The van der Waals surface area contributed by atoms with Gasteiger partial charge < -0.3 is 40.4 Å². The molecule has 0 aliphatic heterocycles. The zero-order chi connectivity index (χ0) is 19.9. The first-order valence-electron chi connectivity index (χ1n) is 5.37. The van der Waals surface area contributed by atoms with Gasteiger partial charge in [0, 0.05) is 12.8 Å². The summed E-state index contributed by atoms with van der Waals surface area (Å²) in [4.78, 5) is 40.1. The zero-order valence-electron chi connectivity index (χ0n) is 15.4. The number of amides is 2. The molecule has 20 heteroatoms. The molecule has 0 aromatic heterocycles. The molecule has 140 valence electrons. The molecule has 2 unspecified atom stereocenters. The van der Waals surface area contributed by atoms with Gasteiger partial charge in [-0.3, -0.25) is 9.59 Å². The average Bonchev–Trinajstić information content (AvgIpc) is 2.30. The first-order valence-corrected chi connectivity index (χ1v) is 8.32. The van der Waals surface area contributed by atoms with Gasteiger partial charge in [-0.25, -0.2) is 16.8 Å². The maximum absolute atomic E-state index is 10.1. The van der Waals surface area contributed by atoms with E-state index in [0.29, 0.717) is 0 Å². The Hall–Kier alpha value is 1.70. The Kier molecular flexibility index (Phi) is 30.2. The predicted molar refractivity (Wildman–Crippen MR) is 64.6 cm³/mol. The molecular weight excluding hydrogens is 472 g/mol. The van der Waals surface area contributed by atoms with Crippen LogP contribution in [0.25, 0.3) is 0 Å². The molecule has 0 radical (unpaired) electrons. The van der Waals surface area contributed by atoms with E-state index in [1.54, 1.807) is 0 Å². The van der Waals surface area contributed by atoms with Crippen molar-refractivity contribution in [2.45, 2.75) is 23.3 Å². The van der Waals surface area contributed by atoms with Crippen molar-refractivity contribution in [3.8, 4) is 0 Å². The van der Waals surface area contributed by atoms with Crippen LogP contribution < -0.4 is 140 Å². The minimum atomic E-state index is -5.07. The van der Waals surface area contributed by atoms with Crippen molar-refractivity contribution >= 4 is 44.0 Å². The molecule has 0 spiro atoms. The number of rotatable bonds is 8. The van der Waals surface area contributed by atoms with Gasteiger partial charge in [-0.15, -0.1) is 0 Å². The number of nitrogens with two attached hydrogens (primary N) is 2. The van der Waals surface area contributed by atoms with E-state index in [1.807, 2.05) is 0 Å². The van der Waals surface area contributed by atoms with E-state index in [-0.39, 0.29) is 118 Å². The van der Waals surface area contributed by atoms with Crippen molar-refractivity contribution in [3.05, 3.63) is 0 Å². The van der Waals surface area contributed by atoms with E-state index in [9.17, 15) is 55.3 Å². The van der Waals surface area contributed by atoms with Crippen molar-refractivity contribution < 1.29 is 174 Å². The van der Waals surface area contributed by atoms with E-state index in [1.165, 1.54) is 0 Å². The van der Waals surface area contributed by atoms with Gasteiger partial charge in [0.25, 0.3) is 0 Å². The Morgan fingerprint density at radius 3 is 0.857 bits per heavy atom. The molecule has 14 nitrogen and oxygen atoms in total. The van der Waals surface area contributed by atoms with E-state index >= 15 is 0 Å². The Morgan fingerprint density at radius 2 is 0.821 bits per heavy atom. The summed E-state index contributed by atoms with van der Waals surface area (Å²) in [5.74, 6) is -6.63. The molecule has 0 saturated carbocycles. The molecule has 0 rings (SSSR count). The maximum atomic E-state index is 10.1. The Morgan fingerprint density at radius 1 is 0.643 bits per heavy atom. The molecule has 4 N–H and O–H groups in total. The van der Waals surface area contributed by atoms with Crippen LogP contribution in [0, 0.1) is 0 Å². The molecule has 0 bridgehead atoms. The minimum absolute atomic E-state index is 0. The van der Waals surface area contributed by atoms with Gasteiger partial charge in [0.1, 0.15) is 20.2 Å². The number of primary amides is 2. The van der Waals surface area contributed by atoms with Gasteiger partial charge in [-0.1, -0.05) is 0 Å². The fraction of sp³-hybridized carbons (Fsp3) is 0.500. The first-order chi connectivity index (χ1) is 10.5. The summed E-state index contributed by atoms with van der Waals surface area (Å²) in [5.41, 5.74) is 8.99. The molecule has 28 heavy (non-hydrogen) atoms. The fourth-order valence-corrected chi connectivity index (χ4v) is 2.18. The molecule has 2 atom stereocenters. The zero-order valence-corrected chi connectivity index (χ0v) is 25.1. The van der Waals surface area contributed by atoms with E-state index < -0.39 is 67.3 Å². The molecular formula is C8H10N2Na4O12S2. The number of hydrogen-bond acceptors (Lipinski definition) is 12. The molecule has 0 aliphatic carbocycles. The monoisotopic (exact) mass is 482 g/mol. The number of aliphatic carboxylic acids is 2. The normalized spacial score (nSPS) is 11.8. The molecule has 2 amide bonds. The second-order valence-corrected chi connectivity index (χ2v) is 7.05. The number of carboxylic acids is 2. The van der Waals surface area contributed by atoms with Crippen molar-refractivity contribution in [2.24, 2.45) is 11.5 Å². The standard InChI is InChI=1S/2C4H7NO6S.4Na/c2*5-3(6)1-2(4(7)8)12(9,10)11;;;;/h2*2H,1H2,(H2,5,6)(H,7,8)(H,9,10,11);;;;/q;;4*+1/p-4. The van der Waals surface area contributed by atoms with Gasteiger partial charge in [-0.05, 0) is 0 Å². The summed E-state index contributed by atoms with van der Waals surface area (Å²) in [5, 5.41) is 15.2. The van der Waals surface area contributed by atoms with E-state index in [4.69, 9.17) is 0 Å². The van der Waals surface area contributed by atoms with Gasteiger partial charge in [0.15, 0.2) is 0 Å². The van der Waals surface area contributed by atoms with Gasteiger partial charge >= 0.3 is 118 Å². The predicted octanol–water partition coefficient (Wildman–Crippen LogP) is -18.9. The molecule has 0 aromatic carbocycles. The van der Waals surface area contributed by atoms with E-state index in [0.717, 1.165) is 0 Å². The average molecular weight is 482 g/mol. The summed E-state index contributed by atoms with van der Waals surface area (Å²) in [6, 6.07) is 0. The van der Waals surface area contributed by atoms with Crippen molar-refractivity contribution in [2.75, 3.05) is 0 Å². The quantitative estimate of drug-likeness (QED) is 0.241. The maximum Gasteiger partial charge on any atom is 1.00 e. The Bertz CT molecular complexity index is 664. The van der Waals surface area contributed by atoms with Gasteiger partial charge in [-0.2, -0.15) is 0 Å². The summed E-state index contributed by atoms with van der Waals surface area (Å²) in [6.45, 7) is 0. The van der Waals surface area contributed by atoms with Crippen LogP contribution in [-0.2, 0) is 39.4 Å². The third kappa shape index (κ3) is 22.4. The SMILES string of the molecule is NC(=O)CC(C(=O)[O-])S(=O)(=O)[O-].NC(=O)CC(C(=O)[O-])S(=O)(=O)[O-].[Na+].[Na+].[Na+].[Na+]. The fourth-order valence-electron chi connectivity index (χ4n) is 0.972. The van der Waals surface area contributed by atoms with Crippen LogP contribution in [0.3, 0.4) is 0 Å². The molecule has 0 saturated heterocycles. The van der Waals surface area contributed by atoms with Crippen molar-refractivity contribution in [3.63, 3.8) is 0 Å². The molecule has 0 fully saturated rings. The van der Waals surface area contributed by atoms with Gasteiger partial charge in [0.2, 0.25) is 11.8 Å². The molecule has 0 heterocycles. The topological polar surface area (TPSA) is 281 Å². The van der Waals surface area contributed by atoms with Gasteiger partial charge in [0.05, 0.1) is 22.4 Å². The molecule has 0 aromatic rings. The Labute approximate surface area is 248 Å². The molecule has 0 aliphatic rings. The Balaban J connectivity index is -0.0000000756. The smallest absolute Gasteiger partial charge is 0.747 e. The summed E-state index contributed by atoms with van der Waals surface area (Å²) in [7, 11) is -10.1. The van der Waals surface area contributed by atoms with Crippen LogP contribution >= 0.6 is 0 Å². The summed E-state index contributed by atoms with van der Waals surface area (Å²) in [6.07, 6.45) is -2.12.